The Morgan fingerprint density at radius 1 is 1.23 bits per heavy atom. The van der Waals surface area contributed by atoms with Crippen molar-refractivity contribution >= 4 is 11.9 Å². The van der Waals surface area contributed by atoms with Crippen LogP contribution in [0.15, 0.2) is 66.4 Å². The Labute approximate surface area is 152 Å². The number of allylic oxidation sites excluding steroid dienone is 2. The number of amides is 1. The van der Waals surface area contributed by atoms with E-state index in [1.165, 1.54) is 4.90 Å². The zero-order valence-electron chi connectivity index (χ0n) is 14.6. The van der Waals surface area contributed by atoms with Gasteiger partial charge in [0.1, 0.15) is 0 Å². The molecule has 132 valence electrons. The third kappa shape index (κ3) is 2.45. The largest absolute Gasteiger partial charge is 0.334 e. The number of guanidine groups is 1. The summed E-state index contributed by atoms with van der Waals surface area (Å²) >= 11 is 0. The van der Waals surface area contributed by atoms with Crippen molar-refractivity contribution in [3.63, 3.8) is 0 Å². The zero-order valence-corrected chi connectivity index (χ0v) is 14.6. The zero-order chi connectivity index (χ0) is 18.1. The Hall–Kier alpha value is -3.15. The molecule has 1 aromatic heterocycles. The maximum atomic E-state index is 13.6. The van der Waals surface area contributed by atoms with Crippen molar-refractivity contribution in [3.8, 4) is 0 Å². The van der Waals surface area contributed by atoms with Gasteiger partial charge in [0.2, 0.25) is 0 Å². The highest BCUT2D eigenvalue weighted by atomic mass is 16.2. The molecule has 1 amide bonds. The average Bonchev–Trinajstić information content (AvgIpc) is 3.20. The molecule has 1 saturated heterocycles. The Balaban J connectivity index is 1.79. The van der Waals surface area contributed by atoms with Gasteiger partial charge in [0.05, 0.1) is 12.2 Å². The van der Waals surface area contributed by atoms with E-state index in [-0.39, 0.29) is 11.9 Å². The molecule has 1 fully saturated rings. The average molecular weight is 347 g/mol. The van der Waals surface area contributed by atoms with Crippen LogP contribution in [0.4, 0.5) is 0 Å². The van der Waals surface area contributed by atoms with Gasteiger partial charge < -0.3 is 5.32 Å². The van der Waals surface area contributed by atoms with Gasteiger partial charge in [-0.1, -0.05) is 48.6 Å². The minimum Gasteiger partial charge on any atom is -0.334 e. The van der Waals surface area contributed by atoms with Gasteiger partial charge in [0.25, 0.3) is 5.91 Å². The predicted molar refractivity (Wildman–Crippen MR) is 99.2 cm³/mol. The van der Waals surface area contributed by atoms with Gasteiger partial charge in [-0.2, -0.15) is 5.10 Å². The molecule has 1 aliphatic heterocycles. The molecule has 1 aliphatic carbocycles. The molecule has 0 saturated carbocycles. The third-order valence-electron chi connectivity index (χ3n) is 5.02. The van der Waals surface area contributed by atoms with Crippen LogP contribution in [-0.4, -0.2) is 26.5 Å². The minimum atomic E-state index is -1.05. The number of carbonyl (C=O) groups is 1. The van der Waals surface area contributed by atoms with Crippen LogP contribution in [0.1, 0.15) is 24.1 Å². The van der Waals surface area contributed by atoms with Crippen LogP contribution in [0.2, 0.25) is 0 Å². The van der Waals surface area contributed by atoms with E-state index in [4.69, 9.17) is 5.41 Å². The summed E-state index contributed by atoms with van der Waals surface area (Å²) in [5.74, 6) is -0.0207. The van der Waals surface area contributed by atoms with Crippen LogP contribution >= 0.6 is 0 Å². The van der Waals surface area contributed by atoms with E-state index < -0.39 is 5.54 Å². The van der Waals surface area contributed by atoms with Gasteiger partial charge >= 0.3 is 0 Å². The number of benzene rings is 1. The van der Waals surface area contributed by atoms with Crippen molar-refractivity contribution in [1.29, 1.82) is 5.41 Å². The van der Waals surface area contributed by atoms with Gasteiger partial charge in [-0.15, -0.1) is 0 Å². The van der Waals surface area contributed by atoms with Crippen LogP contribution in [0, 0.1) is 5.41 Å². The molecule has 1 unspecified atom stereocenters. The number of carbonyl (C=O) groups excluding carboxylic acids is 1. The molecule has 6 heteroatoms. The van der Waals surface area contributed by atoms with Crippen molar-refractivity contribution in [1.82, 2.24) is 20.0 Å². The second-order valence-electron chi connectivity index (χ2n) is 6.57. The predicted octanol–water partition coefficient (Wildman–Crippen LogP) is 2.46. The summed E-state index contributed by atoms with van der Waals surface area (Å²) in [6.45, 7) is 0.312. The normalized spacial score (nSPS) is 22.5. The summed E-state index contributed by atoms with van der Waals surface area (Å²) in [6.07, 6.45) is 9.75. The van der Waals surface area contributed by atoms with Gasteiger partial charge in [-0.05, 0) is 30.0 Å². The lowest BCUT2D eigenvalue weighted by atomic mass is 9.80. The fraction of sp³-hybridized carbons (Fsp3) is 0.250. The fourth-order valence-corrected chi connectivity index (χ4v) is 3.61. The maximum Gasteiger partial charge on any atom is 0.264 e. The van der Waals surface area contributed by atoms with Crippen LogP contribution in [0.5, 0.6) is 0 Å². The molecule has 2 heterocycles. The monoisotopic (exact) mass is 347 g/mol. The van der Waals surface area contributed by atoms with E-state index in [9.17, 15) is 4.79 Å². The Kier molecular flexibility index (Phi) is 3.95. The number of aromatic nitrogens is 2. The third-order valence-corrected chi connectivity index (χ3v) is 5.02. The number of hydrogen-bond donors (Lipinski definition) is 2. The number of nitrogens with one attached hydrogen (secondary N) is 2. The lowest BCUT2D eigenvalue weighted by molar-refractivity contribution is -0.130. The molecule has 0 spiro atoms. The molecule has 6 nitrogen and oxygen atoms in total. The Morgan fingerprint density at radius 2 is 2.04 bits per heavy atom. The lowest BCUT2D eigenvalue weighted by Crippen LogP contribution is -2.45. The Morgan fingerprint density at radius 3 is 2.69 bits per heavy atom. The number of aryl methyl sites for hydroxylation is 1. The van der Waals surface area contributed by atoms with Gasteiger partial charge in [-0.25, -0.2) is 0 Å². The van der Waals surface area contributed by atoms with Gasteiger partial charge in [0, 0.05) is 13.2 Å². The summed E-state index contributed by atoms with van der Waals surface area (Å²) in [7, 11) is 1.84. The molecule has 0 radical (unpaired) electrons. The smallest absolute Gasteiger partial charge is 0.264 e. The van der Waals surface area contributed by atoms with Crippen molar-refractivity contribution < 1.29 is 4.79 Å². The number of rotatable bonds is 4. The molecular formula is C20H21N5O. The van der Waals surface area contributed by atoms with Crippen molar-refractivity contribution in [2.24, 2.45) is 7.05 Å². The molecule has 2 aliphatic rings. The van der Waals surface area contributed by atoms with Crippen LogP contribution in [0.3, 0.4) is 0 Å². The summed E-state index contributed by atoms with van der Waals surface area (Å²) < 4.78 is 1.73. The molecule has 0 bridgehead atoms. The maximum absolute atomic E-state index is 13.6. The van der Waals surface area contributed by atoms with E-state index in [1.807, 2.05) is 49.5 Å². The highest BCUT2D eigenvalue weighted by molar-refractivity contribution is 6.10. The summed E-state index contributed by atoms with van der Waals surface area (Å²) in [6, 6.07) is 11.5. The van der Waals surface area contributed by atoms with Crippen LogP contribution in [0.25, 0.3) is 0 Å². The SMILES string of the molecule is Cn1nccc1CN1C(=N)NC(C2=CCCC=C2)(c2ccccc2)C1=O. The molecule has 1 aromatic carbocycles. The Bertz CT molecular complexity index is 911. The summed E-state index contributed by atoms with van der Waals surface area (Å²) in [5, 5.41) is 15.8. The van der Waals surface area contributed by atoms with Crippen molar-refractivity contribution in [2.75, 3.05) is 0 Å². The first-order valence-electron chi connectivity index (χ1n) is 8.71. The highest BCUT2D eigenvalue weighted by Gasteiger charge is 2.52. The van der Waals surface area contributed by atoms with E-state index in [0.717, 1.165) is 29.7 Å². The first-order chi connectivity index (χ1) is 12.6. The number of nitrogens with zero attached hydrogens (tertiary/aromatic N) is 3. The van der Waals surface area contributed by atoms with E-state index in [2.05, 4.69) is 22.6 Å². The topological polar surface area (TPSA) is 74.0 Å². The second kappa shape index (κ2) is 6.29. The van der Waals surface area contributed by atoms with Crippen LogP contribution in [-0.2, 0) is 23.9 Å². The van der Waals surface area contributed by atoms with E-state index in [1.54, 1.807) is 10.9 Å². The summed E-state index contributed by atoms with van der Waals surface area (Å²) in [5.41, 5.74) is 1.58. The van der Waals surface area contributed by atoms with Crippen molar-refractivity contribution in [3.05, 3.63) is 77.7 Å². The second-order valence-corrected chi connectivity index (χ2v) is 6.57. The van der Waals surface area contributed by atoms with E-state index in [0.29, 0.717) is 6.54 Å². The molecular weight excluding hydrogens is 326 g/mol. The fourth-order valence-electron chi connectivity index (χ4n) is 3.61. The van der Waals surface area contributed by atoms with Crippen LogP contribution < -0.4 is 5.32 Å². The van der Waals surface area contributed by atoms with Crippen molar-refractivity contribution in [2.45, 2.75) is 24.9 Å². The standard InChI is InChI=1S/C20H21N5O/c1-24-17(12-13-22-24)14-25-18(26)20(23-19(25)21,15-8-4-2-5-9-15)16-10-6-3-7-11-16/h2,4-6,8-13H,3,7,14H2,1H3,(H2,21,23). The number of hydrogen-bond acceptors (Lipinski definition) is 3. The van der Waals surface area contributed by atoms with Gasteiger partial charge in [0.15, 0.2) is 11.5 Å². The first kappa shape index (κ1) is 16.3. The highest BCUT2D eigenvalue weighted by Crippen LogP contribution is 2.38. The quantitative estimate of drug-likeness (QED) is 0.892. The van der Waals surface area contributed by atoms with Gasteiger partial charge in [-0.3, -0.25) is 19.8 Å². The first-order valence-corrected chi connectivity index (χ1v) is 8.71. The lowest BCUT2D eigenvalue weighted by Gasteiger charge is -2.30. The molecule has 1 atom stereocenters. The molecule has 2 aromatic rings. The minimum absolute atomic E-state index is 0.111. The van der Waals surface area contributed by atoms with E-state index >= 15 is 0 Å². The summed E-state index contributed by atoms with van der Waals surface area (Å²) in [4.78, 5) is 15.1. The molecule has 4 rings (SSSR count). The molecule has 26 heavy (non-hydrogen) atoms. The molecule has 2 N–H and O–H groups in total.